The Bertz CT molecular complexity index is 1450. The minimum absolute atomic E-state index is 0.0444. The Morgan fingerprint density at radius 1 is 1.19 bits per heavy atom. The number of hydrogen-bond donors (Lipinski definition) is 2. The molecule has 1 fully saturated rings. The van der Waals surface area contributed by atoms with Crippen molar-refractivity contribution in [1.29, 1.82) is 0 Å². The number of alkyl halides is 2. The largest absolute Gasteiger partial charge is 0.491 e. The highest BCUT2D eigenvalue weighted by molar-refractivity contribution is 6.12. The number of aromatic amines is 1. The predicted octanol–water partition coefficient (Wildman–Crippen LogP) is 6.09. The predicted molar refractivity (Wildman–Crippen MR) is 131 cm³/mol. The molecule has 0 spiro atoms. The van der Waals surface area contributed by atoms with Crippen molar-refractivity contribution >= 4 is 22.6 Å². The number of aromatic nitrogens is 2. The third-order valence-electron chi connectivity index (χ3n) is 5.84. The fourth-order valence-electron chi connectivity index (χ4n) is 4.18. The van der Waals surface area contributed by atoms with Gasteiger partial charge in [-0.15, -0.1) is 0 Å². The second-order valence-corrected chi connectivity index (χ2v) is 9.07. The van der Waals surface area contributed by atoms with E-state index in [1.165, 1.54) is 18.2 Å². The number of imidazole rings is 1. The molecule has 1 aliphatic rings. The van der Waals surface area contributed by atoms with Gasteiger partial charge in [0, 0.05) is 22.9 Å². The molecule has 1 saturated heterocycles. The summed E-state index contributed by atoms with van der Waals surface area (Å²) in [6.45, 7) is 4.33. The molecule has 192 valence electrons. The van der Waals surface area contributed by atoms with Crippen LogP contribution in [0.1, 0.15) is 36.2 Å². The molecule has 2 heterocycles. The van der Waals surface area contributed by atoms with Crippen molar-refractivity contribution in [2.75, 3.05) is 18.5 Å². The molecule has 37 heavy (non-hydrogen) atoms. The van der Waals surface area contributed by atoms with E-state index in [0.717, 1.165) is 12.1 Å². The Hall–Kier alpha value is -3.89. The number of H-pyrrole nitrogens is 1. The van der Waals surface area contributed by atoms with Gasteiger partial charge in [-0.2, -0.15) is 0 Å². The Morgan fingerprint density at radius 3 is 2.76 bits per heavy atom. The van der Waals surface area contributed by atoms with Gasteiger partial charge in [-0.25, -0.2) is 18.2 Å². The van der Waals surface area contributed by atoms with Crippen molar-refractivity contribution in [3.05, 3.63) is 77.6 Å². The zero-order chi connectivity index (χ0) is 26.2. The fraction of sp³-hybridized carbons (Fsp3) is 0.259. The van der Waals surface area contributed by atoms with Crippen molar-refractivity contribution in [1.82, 2.24) is 9.97 Å². The van der Waals surface area contributed by atoms with Gasteiger partial charge in [0.15, 0.2) is 5.79 Å². The molecule has 1 aliphatic heterocycles. The molecule has 0 radical (unpaired) electrons. The highest BCUT2D eigenvalue weighted by Gasteiger charge is 2.33. The number of ether oxygens (including phenoxy) is 3. The summed E-state index contributed by atoms with van der Waals surface area (Å²) >= 11 is 0. The molecule has 5 rings (SSSR count). The first kappa shape index (κ1) is 24.8. The lowest BCUT2D eigenvalue weighted by atomic mass is 10.1. The van der Waals surface area contributed by atoms with Gasteiger partial charge in [0.2, 0.25) is 0 Å². The van der Waals surface area contributed by atoms with Gasteiger partial charge in [-0.3, -0.25) is 4.79 Å². The number of fused-ring (bicyclic) bond motifs is 1. The van der Waals surface area contributed by atoms with Crippen molar-refractivity contribution in [2.45, 2.75) is 32.2 Å². The first-order chi connectivity index (χ1) is 17.7. The van der Waals surface area contributed by atoms with Crippen molar-refractivity contribution in [3.63, 3.8) is 0 Å². The SMILES string of the molecule is CC1(C)OC[C@H](COc2cccc(NC(=O)c3cc(F)cc4[nH]c(-c5ccccc5C(F)F)nc34)c2)O1. The van der Waals surface area contributed by atoms with Crippen LogP contribution in [0.4, 0.5) is 18.9 Å². The maximum absolute atomic E-state index is 14.4. The smallest absolute Gasteiger partial charge is 0.264 e. The van der Waals surface area contributed by atoms with Gasteiger partial charge in [0.1, 0.15) is 35.6 Å². The highest BCUT2D eigenvalue weighted by Crippen LogP contribution is 2.32. The lowest BCUT2D eigenvalue weighted by Gasteiger charge is -2.17. The molecular formula is C27H24F3N3O4. The molecule has 1 aromatic heterocycles. The molecule has 2 N–H and O–H groups in total. The first-order valence-electron chi connectivity index (χ1n) is 11.6. The lowest BCUT2D eigenvalue weighted by Crippen LogP contribution is -2.25. The number of benzene rings is 3. The van der Waals surface area contributed by atoms with Crippen LogP contribution in [-0.4, -0.2) is 41.0 Å². The van der Waals surface area contributed by atoms with Crippen LogP contribution in [0.3, 0.4) is 0 Å². The lowest BCUT2D eigenvalue weighted by molar-refractivity contribution is -0.141. The number of halogens is 3. The topological polar surface area (TPSA) is 85.5 Å². The summed E-state index contributed by atoms with van der Waals surface area (Å²) in [6.07, 6.45) is -2.95. The third kappa shape index (κ3) is 5.45. The summed E-state index contributed by atoms with van der Waals surface area (Å²) in [5.41, 5.74) is 0.697. The van der Waals surface area contributed by atoms with Gasteiger partial charge < -0.3 is 24.5 Å². The third-order valence-corrected chi connectivity index (χ3v) is 5.84. The zero-order valence-corrected chi connectivity index (χ0v) is 20.1. The normalized spacial score (nSPS) is 16.9. The molecule has 0 bridgehead atoms. The molecule has 0 aliphatic carbocycles. The van der Waals surface area contributed by atoms with Gasteiger partial charge in [0.25, 0.3) is 12.3 Å². The second kappa shape index (κ2) is 9.87. The number of hydrogen-bond acceptors (Lipinski definition) is 5. The minimum Gasteiger partial charge on any atom is -0.491 e. The van der Waals surface area contributed by atoms with Gasteiger partial charge in [-0.1, -0.05) is 30.3 Å². The van der Waals surface area contributed by atoms with Crippen molar-refractivity contribution < 1.29 is 32.2 Å². The fourth-order valence-corrected chi connectivity index (χ4v) is 4.18. The molecule has 10 heteroatoms. The van der Waals surface area contributed by atoms with Crippen LogP contribution in [0, 0.1) is 5.82 Å². The van der Waals surface area contributed by atoms with E-state index in [1.807, 2.05) is 13.8 Å². The molecule has 7 nitrogen and oxygen atoms in total. The van der Waals surface area contributed by atoms with Crippen molar-refractivity contribution in [3.8, 4) is 17.1 Å². The molecule has 1 atom stereocenters. The van der Waals surface area contributed by atoms with E-state index in [9.17, 15) is 18.0 Å². The van der Waals surface area contributed by atoms with Crippen LogP contribution in [0.15, 0.2) is 60.7 Å². The van der Waals surface area contributed by atoms with E-state index in [4.69, 9.17) is 14.2 Å². The number of nitrogens with one attached hydrogen (secondary N) is 2. The number of anilines is 1. The van der Waals surface area contributed by atoms with Crippen LogP contribution >= 0.6 is 0 Å². The molecule has 0 saturated carbocycles. The Balaban J connectivity index is 1.37. The van der Waals surface area contributed by atoms with E-state index < -0.39 is 23.9 Å². The molecular weight excluding hydrogens is 487 g/mol. The minimum atomic E-state index is -2.72. The van der Waals surface area contributed by atoms with Crippen LogP contribution in [0.2, 0.25) is 0 Å². The molecule has 3 aromatic carbocycles. The first-order valence-corrected chi connectivity index (χ1v) is 11.6. The maximum atomic E-state index is 14.4. The van der Waals surface area contributed by atoms with Gasteiger partial charge >= 0.3 is 0 Å². The van der Waals surface area contributed by atoms with E-state index in [1.54, 1.807) is 30.3 Å². The summed E-state index contributed by atoms with van der Waals surface area (Å²) < 4.78 is 58.4. The Morgan fingerprint density at radius 2 is 2.00 bits per heavy atom. The van der Waals surface area contributed by atoms with Crippen LogP contribution < -0.4 is 10.1 Å². The van der Waals surface area contributed by atoms with E-state index >= 15 is 0 Å². The standard InChI is InChI=1S/C27H24F3N3O4/c1-27(2)36-14-18(37-27)13-35-17-7-5-6-16(12-17)31-26(34)21-10-15(28)11-22-23(21)33-25(32-22)20-9-4-3-8-19(20)24(29)30/h3-12,18,24H,13-14H2,1-2H3,(H,31,34)(H,32,33)/t18-/m0/s1. The summed E-state index contributed by atoms with van der Waals surface area (Å²) in [5, 5.41) is 2.72. The van der Waals surface area contributed by atoms with Gasteiger partial charge in [-0.05, 0) is 38.1 Å². The number of nitrogens with zero attached hydrogens (tertiary/aromatic N) is 1. The highest BCUT2D eigenvalue weighted by atomic mass is 19.3. The maximum Gasteiger partial charge on any atom is 0.264 e. The van der Waals surface area contributed by atoms with E-state index in [0.29, 0.717) is 18.0 Å². The monoisotopic (exact) mass is 511 g/mol. The summed E-state index contributed by atoms with van der Waals surface area (Å²) in [4.78, 5) is 20.3. The van der Waals surface area contributed by atoms with Gasteiger partial charge in [0.05, 0.1) is 17.7 Å². The number of carbonyl (C=O) groups excluding carboxylic acids is 1. The average Bonchev–Trinajstić information content (AvgIpc) is 3.44. The summed E-state index contributed by atoms with van der Waals surface area (Å²) in [7, 11) is 0. The summed E-state index contributed by atoms with van der Waals surface area (Å²) in [5.74, 6) is -1.33. The molecule has 0 unspecified atom stereocenters. The number of rotatable bonds is 7. The Labute approximate surface area is 210 Å². The summed E-state index contributed by atoms with van der Waals surface area (Å²) in [6, 6.07) is 14.8. The average molecular weight is 512 g/mol. The quantitative estimate of drug-likeness (QED) is 0.314. The van der Waals surface area contributed by atoms with Crippen molar-refractivity contribution in [2.24, 2.45) is 0 Å². The van der Waals surface area contributed by atoms with E-state index in [-0.39, 0.29) is 46.3 Å². The molecule has 4 aromatic rings. The number of amides is 1. The molecule has 1 amide bonds. The number of carbonyl (C=O) groups is 1. The van der Waals surface area contributed by atoms with Crippen LogP contribution in [0.25, 0.3) is 22.4 Å². The van der Waals surface area contributed by atoms with E-state index in [2.05, 4.69) is 15.3 Å². The Kier molecular flexibility index (Phi) is 6.61. The zero-order valence-electron chi connectivity index (χ0n) is 20.1. The van der Waals surface area contributed by atoms with Crippen LogP contribution in [-0.2, 0) is 9.47 Å². The van der Waals surface area contributed by atoms with Crippen LogP contribution in [0.5, 0.6) is 5.75 Å². The second-order valence-electron chi connectivity index (χ2n) is 9.07.